The molecule has 1 unspecified atom stereocenters. The first kappa shape index (κ1) is 18.8. The van der Waals surface area contributed by atoms with Crippen molar-refractivity contribution in [2.45, 2.75) is 55.3 Å². The van der Waals surface area contributed by atoms with Crippen LogP contribution in [-0.2, 0) is 26.5 Å². The fraction of sp³-hybridized carbons (Fsp3) is 0.524. The summed E-state index contributed by atoms with van der Waals surface area (Å²) < 4.78 is 23.6. The summed E-state index contributed by atoms with van der Waals surface area (Å²) in [4.78, 5) is 18.0. The minimum absolute atomic E-state index is 0.236. The molecule has 0 aliphatic heterocycles. The van der Waals surface area contributed by atoms with Crippen molar-refractivity contribution in [2.75, 3.05) is 6.26 Å². The Hall–Kier alpha value is -1.53. The number of nitrogens with zero attached hydrogens (tertiary/aromatic N) is 1. The third kappa shape index (κ3) is 3.61. The summed E-state index contributed by atoms with van der Waals surface area (Å²) in [7, 11) is -3.23. The SMILES string of the molecule is CS(=O)(=O)c1ccc(C2(C(=O)Cc3nccs3)C[C@H]2C2CCCCC2)cc1. The molecule has 1 aromatic carbocycles. The number of hydrogen-bond acceptors (Lipinski definition) is 5. The summed E-state index contributed by atoms with van der Waals surface area (Å²) in [6, 6.07) is 7.02. The molecule has 0 N–H and O–H groups in total. The predicted octanol–water partition coefficient (Wildman–Crippen LogP) is 4.20. The summed E-state index contributed by atoms with van der Waals surface area (Å²) in [6.45, 7) is 0. The van der Waals surface area contributed by atoms with Crippen molar-refractivity contribution in [2.24, 2.45) is 11.8 Å². The van der Waals surface area contributed by atoms with Gasteiger partial charge in [-0.1, -0.05) is 44.2 Å². The molecule has 27 heavy (non-hydrogen) atoms. The highest BCUT2D eigenvalue weighted by atomic mass is 32.2. The van der Waals surface area contributed by atoms with Crippen molar-refractivity contribution < 1.29 is 13.2 Å². The highest BCUT2D eigenvalue weighted by Crippen LogP contribution is 2.61. The smallest absolute Gasteiger partial charge is 0.175 e. The maximum atomic E-state index is 13.4. The number of aromatic nitrogens is 1. The van der Waals surface area contributed by atoms with Gasteiger partial charge in [-0.2, -0.15) is 0 Å². The molecular weight excluding hydrogens is 378 g/mol. The van der Waals surface area contributed by atoms with Crippen LogP contribution in [0.5, 0.6) is 0 Å². The van der Waals surface area contributed by atoms with Crippen LogP contribution in [-0.4, -0.2) is 25.4 Å². The Morgan fingerprint density at radius 2 is 1.89 bits per heavy atom. The van der Waals surface area contributed by atoms with Gasteiger partial charge < -0.3 is 0 Å². The Balaban J connectivity index is 1.65. The van der Waals surface area contributed by atoms with E-state index in [2.05, 4.69) is 4.98 Å². The molecule has 2 fully saturated rings. The first-order valence-electron chi connectivity index (χ1n) is 9.63. The zero-order valence-corrected chi connectivity index (χ0v) is 17.2. The average Bonchev–Trinajstić information content (AvgIpc) is 3.23. The summed E-state index contributed by atoms with van der Waals surface area (Å²) in [5, 5.41) is 2.77. The molecule has 0 spiro atoms. The average molecular weight is 404 g/mol. The van der Waals surface area contributed by atoms with Crippen LogP contribution in [0.25, 0.3) is 0 Å². The second kappa shape index (κ2) is 7.13. The van der Waals surface area contributed by atoms with E-state index in [1.165, 1.54) is 49.7 Å². The molecule has 1 aromatic heterocycles. The molecule has 2 aromatic rings. The van der Waals surface area contributed by atoms with Gasteiger partial charge in [0.05, 0.1) is 21.7 Å². The quantitative estimate of drug-likeness (QED) is 0.725. The van der Waals surface area contributed by atoms with E-state index >= 15 is 0 Å². The van der Waals surface area contributed by atoms with Gasteiger partial charge in [0.25, 0.3) is 0 Å². The predicted molar refractivity (Wildman–Crippen MR) is 107 cm³/mol. The Labute approximate surface area is 165 Å². The first-order valence-corrected chi connectivity index (χ1v) is 12.4. The van der Waals surface area contributed by atoms with Gasteiger partial charge in [0, 0.05) is 17.8 Å². The zero-order valence-electron chi connectivity index (χ0n) is 15.6. The monoisotopic (exact) mass is 403 g/mol. The maximum absolute atomic E-state index is 13.4. The maximum Gasteiger partial charge on any atom is 0.175 e. The van der Waals surface area contributed by atoms with Crippen molar-refractivity contribution in [3.05, 3.63) is 46.4 Å². The lowest BCUT2D eigenvalue weighted by molar-refractivity contribution is -0.121. The number of rotatable bonds is 6. The van der Waals surface area contributed by atoms with Crippen LogP contribution in [0.1, 0.15) is 49.1 Å². The van der Waals surface area contributed by atoms with Crippen molar-refractivity contribution in [3.8, 4) is 0 Å². The van der Waals surface area contributed by atoms with Crippen LogP contribution in [0.4, 0.5) is 0 Å². The molecule has 6 heteroatoms. The molecule has 2 atom stereocenters. The molecule has 0 bridgehead atoms. The standard InChI is InChI=1S/C21H25NO3S2/c1-27(24,25)17-9-7-16(8-10-17)21(19(23)13-20-22-11-12-26-20)14-18(21)15-5-3-2-4-6-15/h7-12,15,18H,2-6,13-14H2,1H3/t18-,21?/m0/s1. The second-order valence-corrected chi connectivity index (χ2v) is 11.0. The van der Waals surface area contributed by atoms with Crippen LogP contribution in [0.3, 0.4) is 0 Å². The number of benzene rings is 1. The molecule has 2 saturated carbocycles. The molecule has 4 rings (SSSR count). The molecule has 0 radical (unpaired) electrons. The van der Waals surface area contributed by atoms with Crippen molar-refractivity contribution in [3.63, 3.8) is 0 Å². The molecule has 0 saturated heterocycles. The van der Waals surface area contributed by atoms with E-state index in [4.69, 9.17) is 0 Å². The van der Waals surface area contributed by atoms with Gasteiger partial charge in [0.1, 0.15) is 5.78 Å². The third-order valence-electron chi connectivity index (χ3n) is 6.32. The van der Waals surface area contributed by atoms with E-state index in [0.29, 0.717) is 23.2 Å². The van der Waals surface area contributed by atoms with Gasteiger partial charge in [-0.25, -0.2) is 13.4 Å². The number of sulfone groups is 1. The fourth-order valence-corrected chi connectivity index (χ4v) is 6.09. The molecule has 4 nitrogen and oxygen atoms in total. The Morgan fingerprint density at radius 1 is 1.19 bits per heavy atom. The number of ketones is 1. The van der Waals surface area contributed by atoms with Gasteiger partial charge in [0.15, 0.2) is 9.84 Å². The molecule has 2 aliphatic rings. The minimum Gasteiger partial charge on any atom is -0.298 e. The minimum atomic E-state index is -3.23. The molecule has 0 amide bonds. The lowest BCUT2D eigenvalue weighted by Crippen LogP contribution is -2.28. The normalized spacial score (nSPS) is 26.0. The van der Waals surface area contributed by atoms with Gasteiger partial charge in [0.2, 0.25) is 0 Å². The van der Waals surface area contributed by atoms with Crippen LogP contribution >= 0.6 is 11.3 Å². The van der Waals surface area contributed by atoms with E-state index < -0.39 is 15.3 Å². The number of Topliss-reactive ketones (excluding diaryl/α,β-unsaturated/α-hetero) is 1. The van der Waals surface area contributed by atoms with Crippen LogP contribution in [0.2, 0.25) is 0 Å². The Bertz CT molecular complexity index is 913. The van der Waals surface area contributed by atoms with E-state index in [9.17, 15) is 13.2 Å². The van der Waals surface area contributed by atoms with Gasteiger partial charge in [-0.05, 0) is 36.0 Å². The van der Waals surface area contributed by atoms with Crippen molar-refractivity contribution in [1.29, 1.82) is 0 Å². The molecule has 144 valence electrons. The van der Waals surface area contributed by atoms with E-state index in [0.717, 1.165) is 17.0 Å². The van der Waals surface area contributed by atoms with Crippen LogP contribution < -0.4 is 0 Å². The number of hydrogen-bond donors (Lipinski definition) is 0. The number of thiazole rings is 1. The van der Waals surface area contributed by atoms with Crippen molar-refractivity contribution >= 4 is 27.0 Å². The summed E-state index contributed by atoms with van der Waals surface area (Å²) >= 11 is 1.52. The summed E-state index contributed by atoms with van der Waals surface area (Å²) in [6.07, 6.45) is 10.4. The second-order valence-electron chi connectivity index (χ2n) is 8.00. The molecule has 1 heterocycles. The van der Waals surface area contributed by atoms with Crippen molar-refractivity contribution in [1.82, 2.24) is 4.98 Å². The van der Waals surface area contributed by atoms with Crippen LogP contribution in [0, 0.1) is 11.8 Å². The van der Waals surface area contributed by atoms with E-state index in [-0.39, 0.29) is 5.78 Å². The third-order valence-corrected chi connectivity index (χ3v) is 8.23. The number of carbonyl (C=O) groups is 1. The Morgan fingerprint density at radius 3 is 2.48 bits per heavy atom. The van der Waals surface area contributed by atoms with E-state index in [1.54, 1.807) is 18.3 Å². The topological polar surface area (TPSA) is 64.1 Å². The van der Waals surface area contributed by atoms with Gasteiger partial charge >= 0.3 is 0 Å². The lowest BCUT2D eigenvalue weighted by atomic mass is 9.78. The first-order chi connectivity index (χ1) is 12.9. The highest BCUT2D eigenvalue weighted by Gasteiger charge is 2.62. The Kier molecular flexibility index (Phi) is 4.97. The largest absolute Gasteiger partial charge is 0.298 e. The van der Waals surface area contributed by atoms with Crippen LogP contribution in [0.15, 0.2) is 40.7 Å². The summed E-state index contributed by atoms with van der Waals surface area (Å²) in [5.41, 5.74) is 0.524. The lowest BCUT2D eigenvalue weighted by Gasteiger charge is -2.25. The molecule has 2 aliphatic carbocycles. The highest BCUT2D eigenvalue weighted by molar-refractivity contribution is 7.90. The number of carbonyl (C=O) groups excluding carboxylic acids is 1. The summed E-state index contributed by atoms with van der Waals surface area (Å²) in [5.74, 6) is 1.23. The fourth-order valence-electron chi connectivity index (χ4n) is 4.84. The van der Waals surface area contributed by atoms with E-state index in [1.807, 2.05) is 17.5 Å². The van der Waals surface area contributed by atoms with Gasteiger partial charge in [-0.3, -0.25) is 4.79 Å². The molecular formula is C21H25NO3S2. The zero-order chi connectivity index (χ0) is 19.1. The van der Waals surface area contributed by atoms with Gasteiger partial charge in [-0.15, -0.1) is 11.3 Å².